The highest BCUT2D eigenvalue weighted by Crippen LogP contribution is 2.24. The second kappa shape index (κ2) is 5.84. The van der Waals surface area contributed by atoms with Crippen LogP contribution in [-0.2, 0) is 4.79 Å². The number of hydrogen-bond donors (Lipinski definition) is 1. The number of benzene rings is 1. The Hall–Kier alpha value is -1.59. The van der Waals surface area contributed by atoms with Gasteiger partial charge >= 0.3 is 0 Å². The van der Waals surface area contributed by atoms with E-state index in [1.165, 1.54) is 11.3 Å². The number of nitrogens with one attached hydrogen (secondary N) is 1. The molecular weight excluding hydrogens is 272 g/mol. The molecule has 0 saturated carbocycles. The highest BCUT2D eigenvalue weighted by atomic mass is 35.5. The minimum atomic E-state index is -0.645. The number of hydrogen-bond acceptors (Lipinski definition) is 4. The van der Waals surface area contributed by atoms with Crippen LogP contribution in [0.5, 0.6) is 5.75 Å². The molecule has 1 heterocycles. The summed E-state index contributed by atoms with van der Waals surface area (Å²) in [7, 11) is 0. The molecule has 0 unspecified atom stereocenters. The van der Waals surface area contributed by atoms with E-state index in [1.807, 2.05) is 0 Å². The molecule has 0 saturated heterocycles. The van der Waals surface area contributed by atoms with Crippen molar-refractivity contribution in [3.63, 3.8) is 0 Å². The summed E-state index contributed by atoms with van der Waals surface area (Å²) < 4.78 is 5.49. The van der Waals surface area contributed by atoms with Crippen molar-refractivity contribution in [2.45, 2.75) is 13.0 Å². The number of nitrogens with zero attached hydrogens (tertiary/aromatic N) is 1. The van der Waals surface area contributed by atoms with E-state index in [2.05, 4.69) is 10.3 Å². The molecule has 0 aliphatic rings. The van der Waals surface area contributed by atoms with Gasteiger partial charge in [0, 0.05) is 11.6 Å². The van der Waals surface area contributed by atoms with Gasteiger partial charge in [0.1, 0.15) is 5.75 Å². The summed E-state index contributed by atoms with van der Waals surface area (Å²) in [5.41, 5.74) is 0. The van der Waals surface area contributed by atoms with Crippen LogP contribution in [0.3, 0.4) is 0 Å². The zero-order valence-corrected chi connectivity index (χ0v) is 11.2. The summed E-state index contributed by atoms with van der Waals surface area (Å²) in [6.45, 7) is 1.66. The first kappa shape index (κ1) is 12.9. The summed E-state index contributed by atoms with van der Waals surface area (Å²) in [6.07, 6.45) is 0.980. The van der Waals surface area contributed by atoms with Gasteiger partial charge in [-0.1, -0.05) is 23.7 Å². The number of carbonyl (C=O) groups is 1. The van der Waals surface area contributed by atoms with Crippen molar-refractivity contribution in [2.24, 2.45) is 0 Å². The number of amides is 1. The fourth-order valence-electron chi connectivity index (χ4n) is 1.28. The lowest BCUT2D eigenvalue weighted by atomic mass is 10.3. The van der Waals surface area contributed by atoms with E-state index in [0.29, 0.717) is 15.9 Å². The van der Waals surface area contributed by atoms with E-state index < -0.39 is 6.10 Å². The third kappa shape index (κ3) is 3.21. The molecular formula is C12H11ClN2O2S. The first-order chi connectivity index (χ1) is 8.66. The molecule has 1 aromatic carbocycles. The molecule has 4 nitrogen and oxygen atoms in total. The van der Waals surface area contributed by atoms with Crippen LogP contribution in [0.25, 0.3) is 0 Å². The molecule has 18 heavy (non-hydrogen) atoms. The normalized spacial score (nSPS) is 11.9. The van der Waals surface area contributed by atoms with E-state index in [0.717, 1.165) is 0 Å². The Morgan fingerprint density at radius 2 is 2.28 bits per heavy atom. The van der Waals surface area contributed by atoms with E-state index in [9.17, 15) is 4.79 Å². The first-order valence-corrected chi connectivity index (χ1v) is 6.54. The molecule has 0 aliphatic heterocycles. The molecule has 1 atom stereocenters. The fourth-order valence-corrected chi connectivity index (χ4v) is 1.99. The van der Waals surface area contributed by atoms with Crippen LogP contribution < -0.4 is 10.1 Å². The summed E-state index contributed by atoms with van der Waals surface area (Å²) in [5.74, 6) is 0.228. The van der Waals surface area contributed by atoms with Gasteiger partial charge in [0.05, 0.1) is 5.02 Å². The van der Waals surface area contributed by atoms with E-state index in [-0.39, 0.29) is 5.91 Å². The molecule has 2 rings (SSSR count). The van der Waals surface area contributed by atoms with Crippen LogP contribution in [0.1, 0.15) is 6.92 Å². The predicted molar refractivity (Wildman–Crippen MR) is 72.3 cm³/mol. The average Bonchev–Trinajstić information content (AvgIpc) is 2.84. The van der Waals surface area contributed by atoms with E-state index >= 15 is 0 Å². The second-order valence-electron chi connectivity index (χ2n) is 3.52. The molecule has 0 radical (unpaired) electrons. The maximum atomic E-state index is 11.8. The first-order valence-electron chi connectivity index (χ1n) is 5.28. The van der Waals surface area contributed by atoms with Crippen LogP contribution in [0.4, 0.5) is 5.13 Å². The Labute approximate surface area is 114 Å². The van der Waals surface area contributed by atoms with E-state index in [4.69, 9.17) is 16.3 Å². The van der Waals surface area contributed by atoms with Gasteiger partial charge in [-0.25, -0.2) is 4.98 Å². The van der Waals surface area contributed by atoms with E-state index in [1.54, 1.807) is 42.8 Å². The Kier molecular flexibility index (Phi) is 4.17. The monoisotopic (exact) mass is 282 g/mol. The van der Waals surface area contributed by atoms with Gasteiger partial charge in [0.25, 0.3) is 5.91 Å². The summed E-state index contributed by atoms with van der Waals surface area (Å²) in [5, 5.41) is 5.48. The number of carbonyl (C=O) groups excluding carboxylic acids is 1. The summed E-state index contributed by atoms with van der Waals surface area (Å²) in [6, 6.07) is 7.03. The lowest BCUT2D eigenvalue weighted by Crippen LogP contribution is -2.30. The second-order valence-corrected chi connectivity index (χ2v) is 4.82. The van der Waals surface area contributed by atoms with Crippen molar-refractivity contribution in [3.05, 3.63) is 40.9 Å². The van der Waals surface area contributed by atoms with Crippen molar-refractivity contribution in [1.29, 1.82) is 0 Å². The smallest absolute Gasteiger partial charge is 0.266 e. The highest BCUT2D eigenvalue weighted by molar-refractivity contribution is 7.13. The largest absolute Gasteiger partial charge is 0.479 e. The Morgan fingerprint density at radius 3 is 2.94 bits per heavy atom. The third-order valence-corrected chi connectivity index (χ3v) is 3.17. The molecule has 0 spiro atoms. The number of rotatable bonds is 4. The van der Waals surface area contributed by atoms with Gasteiger partial charge in [-0.3, -0.25) is 10.1 Å². The van der Waals surface area contributed by atoms with Crippen LogP contribution in [0, 0.1) is 0 Å². The van der Waals surface area contributed by atoms with Crippen molar-refractivity contribution in [3.8, 4) is 5.75 Å². The molecule has 0 bridgehead atoms. The van der Waals surface area contributed by atoms with Crippen molar-refractivity contribution >= 4 is 34.0 Å². The predicted octanol–water partition coefficient (Wildman–Crippen LogP) is 3.20. The fraction of sp³-hybridized carbons (Fsp3) is 0.167. The molecule has 94 valence electrons. The summed E-state index contributed by atoms with van der Waals surface area (Å²) in [4.78, 5) is 15.8. The lowest BCUT2D eigenvalue weighted by molar-refractivity contribution is -0.122. The number of anilines is 1. The van der Waals surface area contributed by atoms with Gasteiger partial charge in [-0.05, 0) is 19.1 Å². The van der Waals surface area contributed by atoms with Crippen LogP contribution in [0.2, 0.25) is 5.02 Å². The quantitative estimate of drug-likeness (QED) is 0.937. The van der Waals surface area contributed by atoms with Crippen molar-refractivity contribution in [2.75, 3.05) is 5.32 Å². The Balaban J connectivity index is 1.97. The number of para-hydroxylation sites is 1. The van der Waals surface area contributed by atoms with Crippen LogP contribution in [-0.4, -0.2) is 17.0 Å². The number of halogens is 1. The molecule has 0 fully saturated rings. The summed E-state index contributed by atoms with van der Waals surface area (Å²) >= 11 is 7.30. The molecule has 1 amide bonds. The standard InChI is InChI=1S/C12H11ClN2O2S/c1-8(11(16)15-12-14-6-7-18-12)17-10-5-3-2-4-9(10)13/h2-8H,1H3,(H,14,15,16)/t8-/m1/s1. The SMILES string of the molecule is C[C@@H](Oc1ccccc1Cl)C(=O)Nc1nccs1. The number of ether oxygens (including phenoxy) is 1. The Bertz CT molecular complexity index is 531. The van der Waals surface area contributed by atoms with Gasteiger partial charge in [0.15, 0.2) is 11.2 Å². The molecule has 6 heteroatoms. The van der Waals surface area contributed by atoms with Gasteiger partial charge in [0.2, 0.25) is 0 Å². The van der Waals surface area contributed by atoms with Crippen molar-refractivity contribution < 1.29 is 9.53 Å². The van der Waals surface area contributed by atoms with Crippen LogP contribution >= 0.6 is 22.9 Å². The van der Waals surface area contributed by atoms with Gasteiger partial charge in [-0.15, -0.1) is 11.3 Å². The molecule has 2 aromatic rings. The maximum absolute atomic E-state index is 11.8. The minimum absolute atomic E-state index is 0.259. The van der Waals surface area contributed by atoms with Gasteiger partial charge < -0.3 is 4.74 Å². The highest BCUT2D eigenvalue weighted by Gasteiger charge is 2.16. The number of thiazole rings is 1. The third-order valence-electron chi connectivity index (χ3n) is 2.17. The topological polar surface area (TPSA) is 51.2 Å². The molecule has 1 N–H and O–H groups in total. The molecule has 1 aromatic heterocycles. The maximum Gasteiger partial charge on any atom is 0.266 e. The van der Waals surface area contributed by atoms with Gasteiger partial charge in [-0.2, -0.15) is 0 Å². The van der Waals surface area contributed by atoms with Crippen molar-refractivity contribution in [1.82, 2.24) is 4.98 Å². The lowest BCUT2D eigenvalue weighted by Gasteiger charge is -2.14. The Morgan fingerprint density at radius 1 is 1.50 bits per heavy atom. The number of aromatic nitrogens is 1. The zero-order valence-electron chi connectivity index (χ0n) is 9.59. The minimum Gasteiger partial charge on any atom is -0.479 e. The zero-order chi connectivity index (χ0) is 13.0. The molecule has 0 aliphatic carbocycles. The van der Waals surface area contributed by atoms with Crippen LogP contribution in [0.15, 0.2) is 35.8 Å². The average molecular weight is 283 g/mol.